The molecule has 22 heavy (non-hydrogen) atoms. The monoisotopic (exact) mass is 308 g/mol. The van der Waals surface area contributed by atoms with Gasteiger partial charge < -0.3 is 15.4 Å². The summed E-state index contributed by atoms with van der Waals surface area (Å²) < 4.78 is 26.3. The summed E-state index contributed by atoms with van der Waals surface area (Å²) in [4.78, 5) is 15.2. The van der Waals surface area contributed by atoms with Gasteiger partial charge in [-0.25, -0.2) is 8.78 Å². The number of H-pyrrole nitrogens is 1. The molecule has 1 aromatic carbocycles. The van der Waals surface area contributed by atoms with E-state index in [9.17, 15) is 18.7 Å². The number of fused-ring (bicyclic) bond motifs is 1. The van der Waals surface area contributed by atoms with E-state index < -0.39 is 11.5 Å². The number of alkyl halides is 2. The van der Waals surface area contributed by atoms with Crippen molar-refractivity contribution < 1.29 is 18.7 Å². The average Bonchev–Trinajstić information content (AvgIpc) is 2.96. The third kappa shape index (κ3) is 3.11. The molecule has 2 aromatic rings. The van der Waals surface area contributed by atoms with E-state index in [-0.39, 0.29) is 38.1 Å². The lowest BCUT2D eigenvalue weighted by atomic mass is 9.82. The summed E-state index contributed by atoms with van der Waals surface area (Å²) in [5.41, 5.74) is 0.178. The van der Waals surface area contributed by atoms with E-state index in [2.05, 4.69) is 10.3 Å². The van der Waals surface area contributed by atoms with Gasteiger partial charge in [-0.05, 0) is 37.1 Å². The van der Waals surface area contributed by atoms with Gasteiger partial charge >= 0.3 is 0 Å². The molecule has 1 aliphatic carbocycles. The molecule has 0 aliphatic heterocycles. The first-order valence-electron chi connectivity index (χ1n) is 7.33. The first-order valence-corrected chi connectivity index (χ1v) is 7.33. The molecule has 3 rings (SSSR count). The van der Waals surface area contributed by atoms with E-state index in [0.717, 1.165) is 10.9 Å². The Morgan fingerprint density at radius 3 is 2.68 bits per heavy atom. The molecule has 1 saturated carbocycles. The number of hydrogen-bond donors (Lipinski definition) is 3. The van der Waals surface area contributed by atoms with Crippen LogP contribution in [0.25, 0.3) is 10.9 Å². The number of aliphatic hydroxyl groups is 1. The van der Waals surface area contributed by atoms with Crippen molar-refractivity contribution in [2.75, 3.05) is 6.54 Å². The third-order valence-electron chi connectivity index (χ3n) is 4.31. The van der Waals surface area contributed by atoms with Gasteiger partial charge in [0.1, 0.15) is 0 Å². The predicted molar refractivity (Wildman–Crippen MR) is 79.0 cm³/mol. The minimum Gasteiger partial charge on any atom is -0.388 e. The van der Waals surface area contributed by atoms with Crippen LogP contribution >= 0.6 is 0 Å². The SMILES string of the molecule is O=C(NCC1(O)CCC(F)(F)CC1)c1ccc2[nH]ccc2c1. The minimum atomic E-state index is -2.70. The van der Waals surface area contributed by atoms with Crippen molar-refractivity contribution in [1.29, 1.82) is 0 Å². The van der Waals surface area contributed by atoms with Crippen LogP contribution in [-0.2, 0) is 0 Å². The van der Waals surface area contributed by atoms with Crippen LogP contribution < -0.4 is 5.32 Å². The normalized spacial score (nSPS) is 20.0. The molecule has 1 aromatic heterocycles. The second-order valence-corrected chi connectivity index (χ2v) is 6.04. The van der Waals surface area contributed by atoms with Crippen LogP contribution in [0, 0.1) is 0 Å². The van der Waals surface area contributed by atoms with Gasteiger partial charge in [-0.3, -0.25) is 4.79 Å². The zero-order valence-corrected chi connectivity index (χ0v) is 12.0. The summed E-state index contributed by atoms with van der Waals surface area (Å²) in [5.74, 6) is -3.01. The van der Waals surface area contributed by atoms with Crippen molar-refractivity contribution >= 4 is 16.8 Å². The van der Waals surface area contributed by atoms with Gasteiger partial charge in [0.05, 0.1) is 5.60 Å². The van der Waals surface area contributed by atoms with Crippen molar-refractivity contribution in [2.24, 2.45) is 0 Å². The Labute approximate surface area is 126 Å². The summed E-state index contributed by atoms with van der Waals surface area (Å²) in [5, 5.41) is 13.9. The Morgan fingerprint density at radius 2 is 1.95 bits per heavy atom. The van der Waals surface area contributed by atoms with E-state index in [1.165, 1.54) is 0 Å². The third-order valence-corrected chi connectivity index (χ3v) is 4.31. The number of benzene rings is 1. The lowest BCUT2D eigenvalue weighted by Gasteiger charge is -2.35. The number of aromatic nitrogens is 1. The molecule has 6 heteroatoms. The summed E-state index contributed by atoms with van der Waals surface area (Å²) in [6.45, 7) is -0.00686. The van der Waals surface area contributed by atoms with Crippen molar-refractivity contribution in [2.45, 2.75) is 37.2 Å². The second kappa shape index (κ2) is 5.35. The van der Waals surface area contributed by atoms with Crippen LogP contribution in [0.15, 0.2) is 30.5 Å². The van der Waals surface area contributed by atoms with E-state index in [4.69, 9.17) is 0 Å². The number of rotatable bonds is 3. The van der Waals surface area contributed by atoms with Gasteiger partial charge in [0, 0.05) is 42.0 Å². The lowest BCUT2D eigenvalue weighted by Crippen LogP contribution is -2.47. The molecule has 118 valence electrons. The maximum absolute atomic E-state index is 13.1. The second-order valence-electron chi connectivity index (χ2n) is 6.04. The number of halogens is 2. The van der Waals surface area contributed by atoms with Gasteiger partial charge in [0.2, 0.25) is 5.92 Å². The number of carbonyl (C=O) groups excluding carboxylic acids is 1. The van der Waals surface area contributed by atoms with Gasteiger partial charge in [-0.15, -0.1) is 0 Å². The minimum absolute atomic E-state index is 0.00285. The molecular weight excluding hydrogens is 290 g/mol. The molecule has 3 N–H and O–H groups in total. The van der Waals surface area contributed by atoms with Gasteiger partial charge in [-0.1, -0.05) is 0 Å². The molecular formula is C16H18F2N2O2. The standard InChI is InChI=1S/C16H18F2N2O2/c17-16(18)6-4-15(22,5-7-16)10-20-14(21)12-1-2-13-11(9-12)3-8-19-13/h1-3,8-9,19,22H,4-7,10H2,(H,20,21). The Morgan fingerprint density at radius 1 is 1.23 bits per heavy atom. The maximum atomic E-state index is 13.1. The van der Waals surface area contributed by atoms with Crippen LogP contribution in [0.4, 0.5) is 8.78 Å². The molecule has 1 amide bonds. The Hall–Kier alpha value is -1.95. The van der Waals surface area contributed by atoms with E-state index in [1.54, 1.807) is 24.4 Å². The van der Waals surface area contributed by atoms with Crippen molar-refractivity contribution in [3.63, 3.8) is 0 Å². The van der Waals surface area contributed by atoms with Gasteiger partial charge in [0.25, 0.3) is 5.91 Å². The number of aromatic amines is 1. The van der Waals surface area contributed by atoms with E-state index in [1.807, 2.05) is 6.07 Å². The number of carbonyl (C=O) groups is 1. The van der Waals surface area contributed by atoms with Gasteiger partial charge in [-0.2, -0.15) is 0 Å². The fourth-order valence-electron chi connectivity index (χ4n) is 2.80. The summed E-state index contributed by atoms with van der Waals surface area (Å²) in [6.07, 6.45) is 1.11. The fraction of sp³-hybridized carbons (Fsp3) is 0.438. The van der Waals surface area contributed by atoms with Crippen molar-refractivity contribution in [1.82, 2.24) is 10.3 Å². The Kier molecular flexibility index (Phi) is 3.64. The first-order chi connectivity index (χ1) is 10.4. The summed E-state index contributed by atoms with van der Waals surface area (Å²) in [6, 6.07) is 7.11. The lowest BCUT2D eigenvalue weighted by molar-refractivity contribution is -0.101. The zero-order valence-electron chi connectivity index (χ0n) is 12.0. The molecule has 0 saturated heterocycles. The molecule has 0 unspecified atom stereocenters. The summed E-state index contributed by atoms with van der Waals surface area (Å²) >= 11 is 0. The molecule has 1 aliphatic rings. The van der Waals surface area contributed by atoms with Crippen molar-refractivity contribution in [3.05, 3.63) is 36.0 Å². The first kappa shape index (κ1) is 15.0. The van der Waals surface area contributed by atoms with Crippen LogP contribution in [-0.4, -0.2) is 34.1 Å². The molecule has 4 nitrogen and oxygen atoms in total. The highest BCUT2D eigenvalue weighted by atomic mass is 19.3. The highest BCUT2D eigenvalue weighted by Crippen LogP contribution is 2.38. The predicted octanol–water partition coefficient (Wildman–Crippen LogP) is 2.84. The molecule has 0 bridgehead atoms. The highest BCUT2D eigenvalue weighted by molar-refractivity contribution is 5.98. The topological polar surface area (TPSA) is 65.1 Å². The van der Waals surface area contributed by atoms with Crippen LogP contribution in [0.2, 0.25) is 0 Å². The molecule has 0 atom stereocenters. The Balaban J connectivity index is 1.62. The molecule has 1 fully saturated rings. The molecule has 0 radical (unpaired) electrons. The summed E-state index contributed by atoms with van der Waals surface area (Å²) in [7, 11) is 0. The maximum Gasteiger partial charge on any atom is 0.251 e. The Bertz CT molecular complexity index is 686. The van der Waals surface area contributed by atoms with Crippen LogP contribution in [0.3, 0.4) is 0 Å². The largest absolute Gasteiger partial charge is 0.388 e. The average molecular weight is 308 g/mol. The van der Waals surface area contributed by atoms with Gasteiger partial charge in [0.15, 0.2) is 0 Å². The van der Waals surface area contributed by atoms with E-state index in [0.29, 0.717) is 5.56 Å². The number of hydrogen-bond acceptors (Lipinski definition) is 2. The smallest absolute Gasteiger partial charge is 0.251 e. The molecule has 1 heterocycles. The zero-order chi connectivity index (χ0) is 15.8. The van der Waals surface area contributed by atoms with E-state index >= 15 is 0 Å². The fourth-order valence-corrected chi connectivity index (χ4v) is 2.80. The van der Waals surface area contributed by atoms with Crippen LogP contribution in [0.5, 0.6) is 0 Å². The number of amides is 1. The molecule has 0 spiro atoms. The highest BCUT2D eigenvalue weighted by Gasteiger charge is 2.42. The quantitative estimate of drug-likeness (QED) is 0.816. The van der Waals surface area contributed by atoms with Crippen molar-refractivity contribution in [3.8, 4) is 0 Å². The van der Waals surface area contributed by atoms with Crippen LogP contribution in [0.1, 0.15) is 36.0 Å². The number of nitrogens with one attached hydrogen (secondary N) is 2.